The highest BCUT2D eigenvalue weighted by Gasteiger charge is 2.24. The number of nitrogens with zero attached hydrogens (tertiary/aromatic N) is 1. The highest BCUT2D eigenvalue weighted by atomic mass is 14.4. The molecule has 74 valence electrons. The molecule has 0 saturated carbocycles. The van der Waals surface area contributed by atoms with Gasteiger partial charge in [-0.3, -0.25) is 0 Å². The van der Waals surface area contributed by atoms with Crippen molar-refractivity contribution in [2.24, 2.45) is 5.41 Å². The Labute approximate surface area is 82.5 Å². The maximum atomic E-state index is 9.11. The number of hydrogen-bond acceptors (Lipinski definition) is 1. The van der Waals surface area contributed by atoms with E-state index in [9.17, 15) is 0 Å². The second kappa shape index (κ2) is 6.71. The van der Waals surface area contributed by atoms with Gasteiger partial charge in [0.05, 0.1) is 11.5 Å². The van der Waals surface area contributed by atoms with Gasteiger partial charge in [-0.1, -0.05) is 45.6 Å². The molecule has 0 aliphatic rings. The molecule has 0 aliphatic heterocycles. The number of allylic oxidation sites excluding steroid dienone is 1. The molecule has 0 atom stereocenters. The molecule has 0 unspecified atom stereocenters. The zero-order chi connectivity index (χ0) is 10.2. The first-order chi connectivity index (χ1) is 6.24. The summed E-state index contributed by atoms with van der Waals surface area (Å²) in [4.78, 5) is 0. The fourth-order valence-electron chi connectivity index (χ4n) is 1.47. The second-order valence-corrected chi connectivity index (χ2v) is 3.68. The molecule has 0 aliphatic carbocycles. The lowest BCUT2D eigenvalue weighted by Gasteiger charge is -2.21. The van der Waals surface area contributed by atoms with Crippen LogP contribution in [0.5, 0.6) is 0 Å². The van der Waals surface area contributed by atoms with E-state index in [1.807, 2.05) is 6.08 Å². The molecule has 0 fully saturated rings. The maximum Gasteiger partial charge on any atom is 0.0751 e. The van der Waals surface area contributed by atoms with E-state index in [0.717, 1.165) is 38.5 Å². The lowest BCUT2D eigenvalue weighted by molar-refractivity contribution is 0.397. The number of hydrogen-bond donors (Lipinski definition) is 0. The summed E-state index contributed by atoms with van der Waals surface area (Å²) in [5, 5.41) is 9.11. The van der Waals surface area contributed by atoms with E-state index in [-0.39, 0.29) is 5.41 Å². The van der Waals surface area contributed by atoms with E-state index < -0.39 is 0 Å². The molecular formula is C12H21N. The van der Waals surface area contributed by atoms with Gasteiger partial charge in [-0.05, 0) is 12.8 Å². The van der Waals surface area contributed by atoms with Crippen molar-refractivity contribution in [1.82, 2.24) is 0 Å². The Morgan fingerprint density at radius 2 is 1.69 bits per heavy atom. The smallest absolute Gasteiger partial charge is 0.0751 e. The summed E-state index contributed by atoms with van der Waals surface area (Å²) in [5.74, 6) is 0. The molecule has 0 amide bonds. The molecule has 13 heavy (non-hydrogen) atoms. The van der Waals surface area contributed by atoms with Gasteiger partial charge in [-0.2, -0.15) is 5.26 Å². The number of nitriles is 1. The van der Waals surface area contributed by atoms with Crippen LogP contribution in [-0.2, 0) is 0 Å². The van der Waals surface area contributed by atoms with Crippen molar-refractivity contribution in [3.05, 3.63) is 12.7 Å². The van der Waals surface area contributed by atoms with Gasteiger partial charge in [0, 0.05) is 0 Å². The lowest BCUT2D eigenvalue weighted by atomic mass is 9.80. The van der Waals surface area contributed by atoms with Crippen LogP contribution in [-0.4, -0.2) is 0 Å². The van der Waals surface area contributed by atoms with Gasteiger partial charge in [-0.15, -0.1) is 6.58 Å². The molecule has 0 aromatic heterocycles. The monoisotopic (exact) mass is 179 g/mol. The van der Waals surface area contributed by atoms with E-state index in [2.05, 4.69) is 26.5 Å². The Morgan fingerprint density at radius 3 is 1.92 bits per heavy atom. The summed E-state index contributed by atoms with van der Waals surface area (Å²) < 4.78 is 0. The average Bonchev–Trinajstić information content (AvgIpc) is 2.20. The van der Waals surface area contributed by atoms with Gasteiger partial charge in [0.2, 0.25) is 0 Å². The van der Waals surface area contributed by atoms with Crippen molar-refractivity contribution >= 4 is 0 Å². The minimum atomic E-state index is -0.244. The van der Waals surface area contributed by atoms with Crippen molar-refractivity contribution in [2.75, 3.05) is 0 Å². The lowest BCUT2D eigenvalue weighted by Crippen LogP contribution is -2.14. The van der Waals surface area contributed by atoms with Crippen molar-refractivity contribution < 1.29 is 0 Å². The van der Waals surface area contributed by atoms with Crippen molar-refractivity contribution in [2.45, 2.75) is 52.4 Å². The van der Waals surface area contributed by atoms with E-state index in [1.54, 1.807) is 0 Å². The zero-order valence-corrected chi connectivity index (χ0v) is 8.97. The fraction of sp³-hybridized carbons (Fsp3) is 0.750. The largest absolute Gasteiger partial charge is 0.197 e. The Bertz CT molecular complexity index is 168. The predicted octanol–water partition coefficient (Wildman–Crippen LogP) is 4.06. The van der Waals surface area contributed by atoms with Gasteiger partial charge in [0.15, 0.2) is 0 Å². The minimum absolute atomic E-state index is 0.244. The molecule has 0 aromatic rings. The van der Waals surface area contributed by atoms with Crippen molar-refractivity contribution in [1.29, 1.82) is 5.26 Å². The highest BCUT2D eigenvalue weighted by molar-refractivity contribution is 5.09. The third-order valence-corrected chi connectivity index (χ3v) is 2.57. The van der Waals surface area contributed by atoms with Crippen LogP contribution < -0.4 is 0 Å². The molecule has 0 rings (SSSR count). The van der Waals surface area contributed by atoms with Gasteiger partial charge >= 0.3 is 0 Å². The van der Waals surface area contributed by atoms with Gasteiger partial charge in [-0.25, -0.2) is 0 Å². The molecule has 0 N–H and O–H groups in total. The average molecular weight is 179 g/mol. The summed E-state index contributed by atoms with van der Waals surface area (Å²) in [6, 6.07) is 2.42. The predicted molar refractivity (Wildman–Crippen MR) is 57.3 cm³/mol. The van der Waals surface area contributed by atoms with Gasteiger partial charge in [0.1, 0.15) is 0 Å². The van der Waals surface area contributed by atoms with Gasteiger partial charge in [0.25, 0.3) is 0 Å². The van der Waals surface area contributed by atoms with Crippen LogP contribution in [0.1, 0.15) is 52.4 Å². The Kier molecular flexibility index (Phi) is 6.32. The molecule has 1 heteroatoms. The molecule has 0 radical (unpaired) electrons. The van der Waals surface area contributed by atoms with Crippen LogP contribution in [0.2, 0.25) is 0 Å². The van der Waals surface area contributed by atoms with Crippen LogP contribution in [0.15, 0.2) is 12.7 Å². The molecule has 0 spiro atoms. The highest BCUT2D eigenvalue weighted by Crippen LogP contribution is 2.31. The quantitative estimate of drug-likeness (QED) is 0.540. The topological polar surface area (TPSA) is 23.8 Å². The van der Waals surface area contributed by atoms with E-state index in [4.69, 9.17) is 5.26 Å². The third-order valence-electron chi connectivity index (χ3n) is 2.57. The van der Waals surface area contributed by atoms with Gasteiger partial charge < -0.3 is 0 Å². The summed E-state index contributed by atoms with van der Waals surface area (Å²) in [6.45, 7) is 8.10. The van der Waals surface area contributed by atoms with E-state index in [0.29, 0.717) is 0 Å². The first-order valence-electron chi connectivity index (χ1n) is 5.29. The van der Waals surface area contributed by atoms with E-state index >= 15 is 0 Å². The number of rotatable bonds is 7. The SMILES string of the molecule is C=CC(C#N)(CCCC)CCCC. The normalized spacial score (nSPS) is 10.8. The molecule has 1 nitrogen and oxygen atoms in total. The first kappa shape index (κ1) is 12.2. The summed E-state index contributed by atoms with van der Waals surface area (Å²) >= 11 is 0. The van der Waals surface area contributed by atoms with Crippen LogP contribution >= 0.6 is 0 Å². The Morgan fingerprint density at radius 1 is 1.23 bits per heavy atom. The molecular weight excluding hydrogens is 158 g/mol. The van der Waals surface area contributed by atoms with Crippen LogP contribution in [0.25, 0.3) is 0 Å². The Balaban J connectivity index is 4.15. The third kappa shape index (κ3) is 4.12. The van der Waals surface area contributed by atoms with Crippen molar-refractivity contribution in [3.63, 3.8) is 0 Å². The summed E-state index contributed by atoms with van der Waals surface area (Å²) in [6.07, 6.45) is 8.37. The first-order valence-corrected chi connectivity index (χ1v) is 5.29. The molecule has 0 aromatic carbocycles. The summed E-state index contributed by atoms with van der Waals surface area (Å²) in [5.41, 5.74) is -0.244. The standard InChI is InChI=1S/C12H21N/c1-4-7-9-12(6-3,11-13)10-8-5-2/h6H,3-5,7-10H2,1-2H3. The second-order valence-electron chi connectivity index (χ2n) is 3.68. The number of unbranched alkanes of at least 4 members (excludes halogenated alkanes) is 2. The zero-order valence-electron chi connectivity index (χ0n) is 8.97. The minimum Gasteiger partial charge on any atom is -0.197 e. The van der Waals surface area contributed by atoms with E-state index in [1.165, 1.54) is 0 Å². The maximum absolute atomic E-state index is 9.11. The molecule has 0 heterocycles. The molecule has 0 bridgehead atoms. The fourth-order valence-corrected chi connectivity index (χ4v) is 1.47. The van der Waals surface area contributed by atoms with Crippen LogP contribution in [0.3, 0.4) is 0 Å². The van der Waals surface area contributed by atoms with Crippen LogP contribution in [0.4, 0.5) is 0 Å². The Hall–Kier alpha value is -0.770. The van der Waals surface area contributed by atoms with Crippen LogP contribution in [0, 0.1) is 16.7 Å². The molecule has 0 saturated heterocycles. The summed E-state index contributed by atoms with van der Waals surface area (Å²) in [7, 11) is 0. The van der Waals surface area contributed by atoms with Crippen molar-refractivity contribution in [3.8, 4) is 6.07 Å².